The Morgan fingerprint density at radius 2 is 2.00 bits per heavy atom. The minimum absolute atomic E-state index is 0.0102. The molecule has 2 nitrogen and oxygen atoms in total. The Morgan fingerprint density at radius 3 is 2.54 bits per heavy atom. The molecule has 1 atom stereocenters. The van der Waals surface area contributed by atoms with Crippen LogP contribution in [0.5, 0.6) is 0 Å². The molecule has 0 radical (unpaired) electrons. The minimum Gasteiger partial charge on any atom is -0.396 e. The number of halogens is 2. The van der Waals surface area contributed by atoms with Gasteiger partial charge in [0.15, 0.2) is 0 Å². The second kappa shape index (κ2) is 5.10. The summed E-state index contributed by atoms with van der Waals surface area (Å²) in [4.78, 5) is 0. The number of benzene rings is 1. The molecular formula is C9H10Br2O2. The molecule has 4 heteroatoms. The van der Waals surface area contributed by atoms with Crippen LogP contribution in [0.1, 0.15) is 18.1 Å². The minimum atomic E-state index is -0.604. The monoisotopic (exact) mass is 308 g/mol. The molecule has 0 saturated heterocycles. The summed E-state index contributed by atoms with van der Waals surface area (Å²) in [6, 6.07) is 5.56. The molecule has 0 aliphatic carbocycles. The average molecular weight is 310 g/mol. The van der Waals surface area contributed by atoms with Crippen molar-refractivity contribution in [2.75, 3.05) is 6.61 Å². The summed E-state index contributed by atoms with van der Waals surface area (Å²) in [6.45, 7) is -0.0102. The Balaban J connectivity index is 2.88. The van der Waals surface area contributed by atoms with Crippen LogP contribution in [0, 0.1) is 0 Å². The highest BCUT2D eigenvalue weighted by molar-refractivity contribution is 9.11. The zero-order valence-electron chi connectivity index (χ0n) is 6.87. The van der Waals surface area contributed by atoms with Gasteiger partial charge in [-0.3, -0.25) is 0 Å². The van der Waals surface area contributed by atoms with Crippen LogP contribution >= 0.6 is 31.9 Å². The standard InChI is InChI=1S/C9H10Br2O2/c10-6-1-2-7(8(11)5-6)9(13)3-4-12/h1-2,5,9,12-13H,3-4H2. The van der Waals surface area contributed by atoms with E-state index in [1.165, 1.54) is 0 Å². The van der Waals surface area contributed by atoms with Crippen molar-refractivity contribution in [2.24, 2.45) is 0 Å². The summed E-state index contributed by atoms with van der Waals surface area (Å²) in [5.41, 5.74) is 0.803. The molecule has 1 rings (SSSR count). The van der Waals surface area contributed by atoms with E-state index in [-0.39, 0.29) is 6.61 Å². The fourth-order valence-electron chi connectivity index (χ4n) is 1.05. The van der Waals surface area contributed by atoms with Crippen LogP contribution in [-0.4, -0.2) is 16.8 Å². The third-order valence-electron chi connectivity index (χ3n) is 1.72. The van der Waals surface area contributed by atoms with Gasteiger partial charge in [-0.25, -0.2) is 0 Å². The summed E-state index contributed by atoms with van der Waals surface area (Å²) in [5.74, 6) is 0. The molecular weight excluding hydrogens is 300 g/mol. The third kappa shape index (κ3) is 3.06. The molecule has 72 valence electrons. The summed E-state index contributed by atoms with van der Waals surface area (Å²) in [5, 5.41) is 18.2. The van der Waals surface area contributed by atoms with E-state index in [4.69, 9.17) is 5.11 Å². The van der Waals surface area contributed by atoms with Gasteiger partial charge in [0.05, 0.1) is 6.10 Å². The van der Waals surface area contributed by atoms with Crippen LogP contribution < -0.4 is 0 Å². The lowest BCUT2D eigenvalue weighted by Gasteiger charge is -2.11. The zero-order chi connectivity index (χ0) is 9.84. The van der Waals surface area contributed by atoms with Crippen LogP contribution in [0.2, 0.25) is 0 Å². The second-order valence-electron chi connectivity index (χ2n) is 2.69. The third-order valence-corrected chi connectivity index (χ3v) is 2.90. The van der Waals surface area contributed by atoms with Gasteiger partial charge >= 0.3 is 0 Å². The summed E-state index contributed by atoms with van der Waals surface area (Å²) >= 11 is 6.67. The quantitative estimate of drug-likeness (QED) is 0.901. The van der Waals surface area contributed by atoms with Gasteiger partial charge in [0.2, 0.25) is 0 Å². The first-order valence-corrected chi connectivity index (χ1v) is 5.47. The van der Waals surface area contributed by atoms with Crippen molar-refractivity contribution in [3.8, 4) is 0 Å². The smallest absolute Gasteiger partial charge is 0.0822 e. The van der Waals surface area contributed by atoms with E-state index in [9.17, 15) is 5.11 Å². The fourth-order valence-corrected chi connectivity index (χ4v) is 2.36. The topological polar surface area (TPSA) is 40.5 Å². The Morgan fingerprint density at radius 1 is 1.31 bits per heavy atom. The van der Waals surface area contributed by atoms with Crippen LogP contribution in [-0.2, 0) is 0 Å². The highest BCUT2D eigenvalue weighted by Gasteiger charge is 2.10. The Hall–Kier alpha value is 0.1000. The maximum absolute atomic E-state index is 9.59. The van der Waals surface area contributed by atoms with Crippen molar-refractivity contribution in [1.29, 1.82) is 0 Å². The number of hydrogen-bond acceptors (Lipinski definition) is 2. The van der Waals surface area contributed by atoms with Crippen molar-refractivity contribution in [3.05, 3.63) is 32.7 Å². The van der Waals surface area contributed by atoms with Crippen molar-refractivity contribution >= 4 is 31.9 Å². The molecule has 1 aromatic rings. The van der Waals surface area contributed by atoms with E-state index in [1.807, 2.05) is 18.2 Å². The van der Waals surface area contributed by atoms with Gasteiger partial charge in [0.1, 0.15) is 0 Å². The molecule has 13 heavy (non-hydrogen) atoms. The molecule has 0 fully saturated rings. The Labute approximate surface area is 93.8 Å². The van der Waals surface area contributed by atoms with Gasteiger partial charge in [-0.15, -0.1) is 0 Å². The van der Waals surface area contributed by atoms with E-state index < -0.39 is 6.10 Å². The largest absolute Gasteiger partial charge is 0.396 e. The van der Waals surface area contributed by atoms with Crippen molar-refractivity contribution in [1.82, 2.24) is 0 Å². The Kier molecular flexibility index (Phi) is 4.38. The average Bonchev–Trinajstić information content (AvgIpc) is 2.04. The molecule has 0 saturated carbocycles. The predicted molar refractivity (Wildman–Crippen MR) is 58.5 cm³/mol. The molecule has 0 aliphatic rings. The molecule has 0 aliphatic heterocycles. The lowest BCUT2D eigenvalue weighted by atomic mass is 10.1. The van der Waals surface area contributed by atoms with Crippen LogP contribution in [0.15, 0.2) is 27.1 Å². The lowest BCUT2D eigenvalue weighted by molar-refractivity contribution is 0.134. The molecule has 0 bridgehead atoms. The lowest BCUT2D eigenvalue weighted by Crippen LogP contribution is -2.00. The van der Waals surface area contributed by atoms with Crippen molar-refractivity contribution in [3.63, 3.8) is 0 Å². The van der Waals surface area contributed by atoms with Gasteiger partial charge in [0.25, 0.3) is 0 Å². The van der Waals surface area contributed by atoms with Gasteiger partial charge in [-0.2, -0.15) is 0 Å². The highest BCUT2D eigenvalue weighted by atomic mass is 79.9. The van der Waals surface area contributed by atoms with Gasteiger partial charge in [-0.1, -0.05) is 37.9 Å². The summed E-state index contributed by atoms with van der Waals surface area (Å²) in [7, 11) is 0. The molecule has 0 aromatic heterocycles. The maximum atomic E-state index is 9.59. The molecule has 1 aromatic carbocycles. The SMILES string of the molecule is OCCC(O)c1ccc(Br)cc1Br. The van der Waals surface area contributed by atoms with Crippen molar-refractivity contribution in [2.45, 2.75) is 12.5 Å². The molecule has 2 N–H and O–H groups in total. The predicted octanol–water partition coefficient (Wildman–Crippen LogP) is 2.63. The van der Waals surface area contributed by atoms with E-state index in [0.717, 1.165) is 14.5 Å². The fraction of sp³-hybridized carbons (Fsp3) is 0.333. The summed E-state index contributed by atoms with van der Waals surface area (Å²) in [6.07, 6.45) is -0.243. The molecule has 0 heterocycles. The van der Waals surface area contributed by atoms with Gasteiger partial charge in [0, 0.05) is 22.0 Å². The van der Waals surface area contributed by atoms with Gasteiger partial charge < -0.3 is 10.2 Å². The number of aliphatic hydroxyl groups excluding tert-OH is 2. The summed E-state index contributed by atoms with van der Waals surface area (Å²) < 4.78 is 1.81. The van der Waals surface area contributed by atoms with E-state index in [1.54, 1.807) is 0 Å². The first-order valence-electron chi connectivity index (χ1n) is 3.89. The number of hydrogen-bond donors (Lipinski definition) is 2. The normalized spacial score (nSPS) is 12.9. The second-order valence-corrected chi connectivity index (χ2v) is 4.46. The van der Waals surface area contributed by atoms with E-state index >= 15 is 0 Å². The first-order chi connectivity index (χ1) is 6.15. The molecule has 0 spiro atoms. The zero-order valence-corrected chi connectivity index (χ0v) is 10.0. The first kappa shape index (κ1) is 11.2. The van der Waals surface area contributed by atoms with Gasteiger partial charge in [-0.05, 0) is 17.7 Å². The van der Waals surface area contributed by atoms with E-state index in [2.05, 4.69) is 31.9 Å². The number of rotatable bonds is 3. The highest BCUT2D eigenvalue weighted by Crippen LogP contribution is 2.28. The molecule has 1 unspecified atom stereocenters. The van der Waals surface area contributed by atoms with Crippen LogP contribution in [0.4, 0.5) is 0 Å². The van der Waals surface area contributed by atoms with E-state index in [0.29, 0.717) is 6.42 Å². The maximum Gasteiger partial charge on any atom is 0.0822 e. The molecule has 0 amide bonds. The van der Waals surface area contributed by atoms with Crippen LogP contribution in [0.3, 0.4) is 0 Å². The van der Waals surface area contributed by atoms with Crippen molar-refractivity contribution < 1.29 is 10.2 Å². The van der Waals surface area contributed by atoms with Crippen LogP contribution in [0.25, 0.3) is 0 Å². The Bertz CT molecular complexity index is 289. The number of aliphatic hydroxyl groups is 2.